The molecule has 1 aliphatic carbocycles. The van der Waals surface area contributed by atoms with E-state index in [1.807, 2.05) is 12.1 Å². The maximum absolute atomic E-state index is 13.0. The van der Waals surface area contributed by atoms with Gasteiger partial charge in [0.2, 0.25) is 0 Å². The Bertz CT molecular complexity index is 1070. The highest BCUT2D eigenvalue weighted by atomic mass is 19.4. The first kappa shape index (κ1) is 20.9. The van der Waals surface area contributed by atoms with Gasteiger partial charge in [-0.3, -0.25) is 14.5 Å². The Hall–Kier alpha value is -3.36. The fourth-order valence-electron chi connectivity index (χ4n) is 4.01. The molecule has 3 amide bonds. The molecular weight excluding hydrogens is 413 g/mol. The third-order valence-electron chi connectivity index (χ3n) is 5.66. The number of urea groups is 1. The number of Topliss-reactive ketones (excluding diaryl/α,β-unsaturated/α-hetero) is 1. The van der Waals surface area contributed by atoms with Crippen molar-refractivity contribution >= 4 is 17.7 Å². The maximum Gasteiger partial charge on any atom is 0.573 e. The molecule has 2 aromatic carbocycles. The molecule has 0 saturated carbocycles. The normalized spacial score (nSPS) is 20.6. The molecule has 2 aliphatic rings. The molecule has 1 unspecified atom stereocenters. The fraction of sp³-hybridized carbons (Fsp3) is 0.318. The van der Waals surface area contributed by atoms with Crippen LogP contribution in [0.1, 0.15) is 40.4 Å². The SMILES string of the molecule is CC1(c2ccc(OC(F)(F)F)cc2)NC(=O)N(CC(=O)c2ccc3c(c2)CCC3)C1=O. The summed E-state index contributed by atoms with van der Waals surface area (Å²) in [4.78, 5) is 39.0. The van der Waals surface area contributed by atoms with Crippen molar-refractivity contribution in [2.24, 2.45) is 0 Å². The Morgan fingerprint density at radius 3 is 2.45 bits per heavy atom. The molecule has 1 N–H and O–H groups in total. The van der Waals surface area contributed by atoms with Gasteiger partial charge in [0.05, 0.1) is 6.54 Å². The standard InChI is InChI=1S/C22H19F3N2O4/c1-21(16-7-9-17(10-8-16)31-22(23,24)25)19(29)27(20(30)26-21)12-18(28)15-6-5-13-3-2-4-14(13)11-15/h5-11H,2-4,12H2,1H3,(H,26,30). The number of nitrogens with zero attached hydrogens (tertiary/aromatic N) is 1. The van der Waals surface area contributed by atoms with Crippen molar-refractivity contribution in [3.63, 3.8) is 0 Å². The van der Waals surface area contributed by atoms with Gasteiger partial charge in [0, 0.05) is 5.56 Å². The topological polar surface area (TPSA) is 75.7 Å². The van der Waals surface area contributed by atoms with Crippen LogP contribution in [0.15, 0.2) is 42.5 Å². The highest BCUT2D eigenvalue weighted by molar-refractivity contribution is 6.11. The van der Waals surface area contributed by atoms with Gasteiger partial charge in [-0.05, 0) is 61.1 Å². The number of ketones is 1. The van der Waals surface area contributed by atoms with Gasteiger partial charge >= 0.3 is 12.4 Å². The second kappa shape index (κ2) is 7.40. The lowest BCUT2D eigenvalue weighted by Gasteiger charge is -2.22. The summed E-state index contributed by atoms with van der Waals surface area (Å²) in [5, 5.41) is 2.53. The van der Waals surface area contributed by atoms with Gasteiger partial charge in [0.1, 0.15) is 11.3 Å². The second-order valence-electron chi connectivity index (χ2n) is 7.78. The zero-order valence-corrected chi connectivity index (χ0v) is 16.6. The Balaban J connectivity index is 1.51. The number of fused-ring (bicyclic) bond motifs is 1. The van der Waals surface area contributed by atoms with Crippen LogP contribution < -0.4 is 10.1 Å². The third-order valence-corrected chi connectivity index (χ3v) is 5.66. The number of carbonyl (C=O) groups is 3. The van der Waals surface area contributed by atoms with Crippen LogP contribution in [0.25, 0.3) is 0 Å². The summed E-state index contributed by atoms with van der Waals surface area (Å²) in [7, 11) is 0. The number of imide groups is 1. The van der Waals surface area contributed by atoms with Crippen LogP contribution in [0, 0.1) is 0 Å². The number of ether oxygens (including phenoxy) is 1. The minimum absolute atomic E-state index is 0.271. The van der Waals surface area contributed by atoms with Gasteiger partial charge in [-0.1, -0.05) is 24.3 Å². The molecule has 0 bridgehead atoms. The first-order valence-electron chi connectivity index (χ1n) is 9.72. The summed E-state index contributed by atoms with van der Waals surface area (Å²) in [6.07, 6.45) is -1.93. The monoisotopic (exact) mass is 432 g/mol. The highest BCUT2D eigenvalue weighted by Gasteiger charge is 2.49. The van der Waals surface area contributed by atoms with E-state index in [1.165, 1.54) is 24.6 Å². The lowest BCUT2D eigenvalue weighted by Crippen LogP contribution is -2.41. The van der Waals surface area contributed by atoms with Crippen LogP contribution in [0.5, 0.6) is 5.75 Å². The van der Waals surface area contributed by atoms with E-state index in [9.17, 15) is 27.6 Å². The Morgan fingerprint density at radius 1 is 1.10 bits per heavy atom. The van der Waals surface area contributed by atoms with Gasteiger partial charge in [0.15, 0.2) is 5.78 Å². The van der Waals surface area contributed by atoms with Crippen LogP contribution in [0.3, 0.4) is 0 Å². The molecule has 1 aliphatic heterocycles. The first-order valence-corrected chi connectivity index (χ1v) is 9.72. The number of alkyl halides is 3. The number of nitrogens with one attached hydrogen (secondary N) is 1. The van der Waals surface area contributed by atoms with Gasteiger partial charge in [-0.25, -0.2) is 4.79 Å². The number of amides is 3. The predicted molar refractivity (Wildman–Crippen MR) is 104 cm³/mol. The molecule has 9 heteroatoms. The second-order valence-corrected chi connectivity index (χ2v) is 7.78. The molecule has 1 fully saturated rings. The van der Waals surface area contributed by atoms with E-state index in [4.69, 9.17) is 0 Å². The Labute approximate surface area is 176 Å². The van der Waals surface area contributed by atoms with Crippen molar-refractivity contribution in [3.8, 4) is 5.75 Å². The lowest BCUT2D eigenvalue weighted by atomic mass is 9.92. The van der Waals surface area contributed by atoms with E-state index < -0.39 is 36.1 Å². The smallest absolute Gasteiger partial charge is 0.406 e. The number of rotatable bonds is 5. The molecule has 0 radical (unpaired) electrons. The summed E-state index contributed by atoms with van der Waals surface area (Å²) in [5.41, 5.74) is 1.51. The molecule has 0 aromatic heterocycles. The predicted octanol–water partition coefficient (Wildman–Crippen LogP) is 3.72. The largest absolute Gasteiger partial charge is 0.573 e. The van der Waals surface area contributed by atoms with Crippen molar-refractivity contribution in [2.45, 2.75) is 38.1 Å². The minimum atomic E-state index is -4.84. The van der Waals surface area contributed by atoms with Gasteiger partial charge in [-0.15, -0.1) is 13.2 Å². The van der Waals surface area contributed by atoms with E-state index in [0.29, 0.717) is 5.56 Å². The highest BCUT2D eigenvalue weighted by Crippen LogP contribution is 2.31. The molecule has 1 atom stereocenters. The quantitative estimate of drug-likeness (QED) is 0.577. The number of carbonyl (C=O) groups excluding carboxylic acids is 3. The van der Waals surface area contributed by atoms with E-state index in [2.05, 4.69) is 10.1 Å². The molecule has 0 spiro atoms. The number of hydrogen-bond donors (Lipinski definition) is 1. The van der Waals surface area contributed by atoms with E-state index in [1.54, 1.807) is 6.07 Å². The molecule has 6 nitrogen and oxygen atoms in total. The molecule has 1 saturated heterocycles. The molecule has 4 rings (SSSR count). The summed E-state index contributed by atoms with van der Waals surface area (Å²) < 4.78 is 40.9. The zero-order valence-electron chi connectivity index (χ0n) is 16.6. The molecule has 31 heavy (non-hydrogen) atoms. The third kappa shape index (κ3) is 3.99. The van der Waals surface area contributed by atoms with Crippen LogP contribution in [-0.4, -0.2) is 35.5 Å². The number of aryl methyl sites for hydroxylation is 2. The average molecular weight is 432 g/mol. The van der Waals surface area contributed by atoms with Gasteiger partial charge in [0.25, 0.3) is 5.91 Å². The number of hydrogen-bond acceptors (Lipinski definition) is 4. The van der Waals surface area contributed by atoms with Crippen LogP contribution >= 0.6 is 0 Å². The van der Waals surface area contributed by atoms with Crippen molar-refractivity contribution in [1.29, 1.82) is 0 Å². The number of benzene rings is 2. The summed E-state index contributed by atoms with van der Waals surface area (Å²) in [6, 6.07) is 9.33. The van der Waals surface area contributed by atoms with Crippen molar-refractivity contribution in [2.75, 3.05) is 6.54 Å². The maximum atomic E-state index is 13.0. The Morgan fingerprint density at radius 2 is 1.77 bits per heavy atom. The summed E-state index contributed by atoms with van der Waals surface area (Å²) in [5.74, 6) is -1.46. The molecular formula is C22H19F3N2O4. The molecule has 162 valence electrons. The summed E-state index contributed by atoms with van der Waals surface area (Å²) in [6.45, 7) is 1.01. The zero-order chi connectivity index (χ0) is 22.4. The minimum Gasteiger partial charge on any atom is -0.406 e. The number of halogens is 3. The molecule has 1 heterocycles. The Kier molecular flexibility index (Phi) is 4.99. The van der Waals surface area contributed by atoms with Crippen molar-refractivity contribution in [1.82, 2.24) is 10.2 Å². The van der Waals surface area contributed by atoms with Crippen LogP contribution in [0.2, 0.25) is 0 Å². The molecule has 2 aromatic rings. The van der Waals surface area contributed by atoms with Crippen molar-refractivity contribution in [3.05, 3.63) is 64.7 Å². The van der Waals surface area contributed by atoms with Crippen LogP contribution in [-0.2, 0) is 23.2 Å². The van der Waals surface area contributed by atoms with Gasteiger partial charge in [-0.2, -0.15) is 0 Å². The van der Waals surface area contributed by atoms with Gasteiger partial charge < -0.3 is 10.1 Å². The summed E-state index contributed by atoms with van der Waals surface area (Å²) >= 11 is 0. The van der Waals surface area contributed by atoms with Crippen molar-refractivity contribution < 1.29 is 32.3 Å². The van der Waals surface area contributed by atoms with E-state index in [0.717, 1.165) is 41.9 Å². The first-order chi connectivity index (χ1) is 14.6. The van der Waals surface area contributed by atoms with Crippen LogP contribution in [0.4, 0.5) is 18.0 Å². The lowest BCUT2D eigenvalue weighted by molar-refractivity contribution is -0.274. The van der Waals surface area contributed by atoms with E-state index >= 15 is 0 Å². The van der Waals surface area contributed by atoms with E-state index in [-0.39, 0.29) is 11.3 Å². The average Bonchev–Trinajstić information content (AvgIpc) is 3.25. The fourth-order valence-corrected chi connectivity index (χ4v) is 4.01.